The average Bonchev–Trinajstić information content (AvgIpc) is 2.65. The van der Waals surface area contributed by atoms with Crippen LogP contribution in [0.4, 0.5) is 0 Å². The number of sulfonamides is 1. The third-order valence-electron chi connectivity index (χ3n) is 2.46. The summed E-state index contributed by atoms with van der Waals surface area (Å²) < 4.78 is 24.5. The summed E-state index contributed by atoms with van der Waals surface area (Å²) in [5.74, 6) is 0. The predicted molar refractivity (Wildman–Crippen MR) is 61.9 cm³/mol. The second kappa shape index (κ2) is 3.25. The number of hydrogen-bond donors (Lipinski definition) is 1. The van der Waals surface area contributed by atoms with Crippen molar-refractivity contribution in [1.82, 2.24) is 14.4 Å². The van der Waals surface area contributed by atoms with Crippen LogP contribution in [0.1, 0.15) is 0 Å². The first-order valence-electron chi connectivity index (χ1n) is 4.82. The highest BCUT2D eigenvalue weighted by Crippen LogP contribution is 2.19. The molecule has 3 rings (SSSR count). The van der Waals surface area contributed by atoms with E-state index in [1.807, 2.05) is 0 Å². The number of hydrogen-bond acceptors (Lipinski definition) is 4. The number of imidazole rings is 1. The van der Waals surface area contributed by atoms with Crippen LogP contribution < -0.4 is 5.14 Å². The third-order valence-corrected chi connectivity index (χ3v) is 3.39. The minimum absolute atomic E-state index is 0.00185. The molecule has 0 saturated heterocycles. The lowest BCUT2D eigenvalue weighted by Gasteiger charge is -1.99. The number of primary sulfonamides is 1. The average molecular weight is 248 g/mol. The van der Waals surface area contributed by atoms with E-state index in [1.165, 1.54) is 6.07 Å². The molecule has 0 atom stereocenters. The Morgan fingerprint density at radius 3 is 2.76 bits per heavy atom. The van der Waals surface area contributed by atoms with Crippen LogP contribution in [0.15, 0.2) is 41.6 Å². The van der Waals surface area contributed by atoms with Gasteiger partial charge in [-0.3, -0.25) is 4.40 Å². The molecule has 6 nitrogen and oxygen atoms in total. The van der Waals surface area contributed by atoms with Gasteiger partial charge >= 0.3 is 0 Å². The van der Waals surface area contributed by atoms with Crippen LogP contribution in [0.5, 0.6) is 0 Å². The molecule has 0 fully saturated rings. The van der Waals surface area contributed by atoms with Crippen LogP contribution in [0.3, 0.4) is 0 Å². The zero-order chi connectivity index (χ0) is 12.0. The van der Waals surface area contributed by atoms with Gasteiger partial charge in [-0.05, 0) is 24.3 Å². The molecule has 0 radical (unpaired) electrons. The summed E-state index contributed by atoms with van der Waals surface area (Å²) in [5.41, 5.74) is 1.53. The number of fused-ring (bicyclic) bond motifs is 3. The molecule has 0 amide bonds. The first kappa shape index (κ1) is 10.2. The Kier molecular flexibility index (Phi) is 1.95. The van der Waals surface area contributed by atoms with Gasteiger partial charge in [0.05, 0.1) is 0 Å². The van der Waals surface area contributed by atoms with Crippen molar-refractivity contribution in [3.05, 3.63) is 36.7 Å². The standard InChI is InChI=1S/C10H8N4O2S/c11-17(15,16)8-4-2-6-14-9-7(13-10(8)14)3-1-5-12-9/h1-6H,(H2,11,15,16). The highest BCUT2D eigenvalue weighted by Gasteiger charge is 2.16. The molecule has 7 heteroatoms. The Balaban J connectivity index is 2.57. The minimum Gasteiger partial charge on any atom is -0.283 e. The molecule has 0 saturated carbocycles. The molecule has 0 spiro atoms. The summed E-state index contributed by atoms with van der Waals surface area (Å²) in [4.78, 5) is 8.38. The van der Waals surface area contributed by atoms with Gasteiger partial charge in [-0.25, -0.2) is 23.5 Å². The van der Waals surface area contributed by atoms with Gasteiger partial charge in [-0.2, -0.15) is 0 Å². The van der Waals surface area contributed by atoms with Crippen LogP contribution in [-0.2, 0) is 10.0 Å². The van der Waals surface area contributed by atoms with Gasteiger partial charge in [0, 0.05) is 12.4 Å². The van der Waals surface area contributed by atoms with Crippen molar-refractivity contribution in [1.29, 1.82) is 0 Å². The van der Waals surface area contributed by atoms with E-state index in [1.54, 1.807) is 35.0 Å². The number of rotatable bonds is 1. The number of nitrogens with two attached hydrogens (primary N) is 1. The summed E-state index contributed by atoms with van der Waals surface area (Å²) >= 11 is 0. The molecular formula is C10H8N4O2S. The van der Waals surface area contributed by atoms with Crippen molar-refractivity contribution in [3.8, 4) is 0 Å². The van der Waals surface area contributed by atoms with Gasteiger partial charge in [0.2, 0.25) is 10.0 Å². The fraction of sp³-hybridized carbons (Fsp3) is 0. The number of aromatic nitrogens is 3. The molecule has 0 aliphatic rings. The Bertz CT molecular complexity index is 823. The number of nitrogens with zero attached hydrogens (tertiary/aromatic N) is 3. The summed E-state index contributed by atoms with van der Waals surface area (Å²) in [6.07, 6.45) is 3.33. The summed E-state index contributed by atoms with van der Waals surface area (Å²) in [6.45, 7) is 0. The van der Waals surface area contributed by atoms with E-state index in [4.69, 9.17) is 5.14 Å². The van der Waals surface area contributed by atoms with E-state index in [0.717, 1.165) is 0 Å². The fourth-order valence-electron chi connectivity index (χ4n) is 1.76. The largest absolute Gasteiger partial charge is 0.283 e. The quantitative estimate of drug-likeness (QED) is 0.680. The van der Waals surface area contributed by atoms with Gasteiger partial charge < -0.3 is 0 Å². The van der Waals surface area contributed by atoms with Crippen LogP contribution >= 0.6 is 0 Å². The van der Waals surface area contributed by atoms with Crippen molar-refractivity contribution in [2.24, 2.45) is 5.14 Å². The molecule has 0 unspecified atom stereocenters. The molecular weight excluding hydrogens is 240 g/mol. The van der Waals surface area contributed by atoms with E-state index in [9.17, 15) is 8.42 Å². The Morgan fingerprint density at radius 2 is 2.00 bits per heavy atom. The minimum atomic E-state index is -3.79. The SMILES string of the molecule is NS(=O)(=O)c1cccn2c1nc1cccnc12. The lowest BCUT2D eigenvalue weighted by atomic mass is 10.4. The van der Waals surface area contributed by atoms with Crippen molar-refractivity contribution in [2.75, 3.05) is 0 Å². The van der Waals surface area contributed by atoms with Crippen molar-refractivity contribution in [2.45, 2.75) is 4.90 Å². The maximum atomic E-state index is 11.4. The predicted octanol–water partition coefficient (Wildman–Crippen LogP) is 0.530. The lowest BCUT2D eigenvalue weighted by Crippen LogP contribution is -2.13. The molecule has 17 heavy (non-hydrogen) atoms. The van der Waals surface area contributed by atoms with Crippen LogP contribution in [0, 0.1) is 0 Å². The first-order chi connectivity index (χ1) is 8.07. The van der Waals surface area contributed by atoms with Crippen LogP contribution in [0.2, 0.25) is 0 Å². The van der Waals surface area contributed by atoms with Gasteiger partial charge in [0.15, 0.2) is 11.3 Å². The maximum absolute atomic E-state index is 11.4. The first-order valence-corrected chi connectivity index (χ1v) is 6.36. The van der Waals surface area contributed by atoms with Crippen LogP contribution in [-0.4, -0.2) is 22.8 Å². The second-order valence-electron chi connectivity index (χ2n) is 3.57. The Morgan fingerprint density at radius 1 is 1.18 bits per heavy atom. The molecule has 3 heterocycles. The monoisotopic (exact) mass is 248 g/mol. The smallest absolute Gasteiger partial charge is 0.241 e. The van der Waals surface area contributed by atoms with Gasteiger partial charge in [-0.1, -0.05) is 0 Å². The van der Waals surface area contributed by atoms with Gasteiger partial charge in [0.1, 0.15) is 10.4 Å². The van der Waals surface area contributed by atoms with E-state index >= 15 is 0 Å². The Hall–Kier alpha value is -1.99. The highest BCUT2D eigenvalue weighted by atomic mass is 32.2. The fourth-order valence-corrected chi connectivity index (χ4v) is 2.42. The van der Waals surface area contributed by atoms with Gasteiger partial charge in [0.25, 0.3) is 0 Å². The molecule has 0 aliphatic heterocycles. The molecule has 3 aromatic heterocycles. The topological polar surface area (TPSA) is 90.4 Å². The zero-order valence-corrected chi connectivity index (χ0v) is 9.42. The molecule has 0 aromatic carbocycles. The summed E-state index contributed by atoms with van der Waals surface area (Å²) in [5, 5.41) is 5.14. The summed E-state index contributed by atoms with van der Waals surface area (Å²) in [6, 6.07) is 6.53. The lowest BCUT2D eigenvalue weighted by molar-refractivity contribution is 0.598. The van der Waals surface area contributed by atoms with E-state index in [0.29, 0.717) is 16.8 Å². The third kappa shape index (κ3) is 1.48. The Labute approximate surface area is 96.8 Å². The molecule has 86 valence electrons. The van der Waals surface area contributed by atoms with Crippen molar-refractivity contribution >= 4 is 26.8 Å². The van der Waals surface area contributed by atoms with Crippen molar-refractivity contribution in [3.63, 3.8) is 0 Å². The number of pyridine rings is 2. The van der Waals surface area contributed by atoms with E-state index in [2.05, 4.69) is 9.97 Å². The molecule has 0 bridgehead atoms. The van der Waals surface area contributed by atoms with E-state index < -0.39 is 10.0 Å². The zero-order valence-electron chi connectivity index (χ0n) is 8.61. The van der Waals surface area contributed by atoms with Crippen LogP contribution in [0.25, 0.3) is 16.8 Å². The van der Waals surface area contributed by atoms with E-state index in [-0.39, 0.29) is 4.90 Å². The molecule has 0 aliphatic carbocycles. The van der Waals surface area contributed by atoms with Gasteiger partial charge in [-0.15, -0.1) is 0 Å². The summed E-state index contributed by atoms with van der Waals surface area (Å²) in [7, 11) is -3.79. The molecule has 2 N–H and O–H groups in total. The maximum Gasteiger partial charge on any atom is 0.241 e. The highest BCUT2D eigenvalue weighted by molar-refractivity contribution is 7.89. The van der Waals surface area contributed by atoms with Crippen molar-refractivity contribution < 1.29 is 8.42 Å². The molecule has 3 aromatic rings. The normalized spacial score (nSPS) is 12.3. The second-order valence-corrected chi connectivity index (χ2v) is 5.10.